The minimum Gasteiger partial charge on any atom is -0.390 e. The first kappa shape index (κ1) is 15.1. The summed E-state index contributed by atoms with van der Waals surface area (Å²) in [6, 6.07) is 10.2. The summed E-state index contributed by atoms with van der Waals surface area (Å²) in [4.78, 5) is 4.39. The molecule has 0 atom stereocenters. The van der Waals surface area contributed by atoms with Crippen molar-refractivity contribution in [1.82, 2.24) is 9.55 Å². The van der Waals surface area contributed by atoms with E-state index in [1.54, 1.807) is 18.0 Å². The van der Waals surface area contributed by atoms with Crippen LogP contribution < -0.4 is 0 Å². The zero-order valence-corrected chi connectivity index (χ0v) is 12.5. The van der Waals surface area contributed by atoms with Crippen LogP contribution in [0, 0.1) is 0 Å². The lowest BCUT2D eigenvalue weighted by atomic mass is 10.2. The third-order valence-electron chi connectivity index (χ3n) is 2.91. The molecule has 0 bridgehead atoms. The smallest absolute Gasteiger partial charge is 0.168 e. The quantitative estimate of drug-likeness (QED) is 0.600. The monoisotopic (exact) mass is 292 g/mol. The Morgan fingerprint density at radius 3 is 2.80 bits per heavy atom. The van der Waals surface area contributed by atoms with Gasteiger partial charge in [0, 0.05) is 18.9 Å². The molecule has 1 aromatic heterocycles. The average molecular weight is 292 g/mol. The molecule has 1 aromatic carbocycles. The van der Waals surface area contributed by atoms with Gasteiger partial charge in [0.2, 0.25) is 0 Å². The van der Waals surface area contributed by atoms with Gasteiger partial charge >= 0.3 is 0 Å². The number of thioether (sulfide) groups is 1. The first-order chi connectivity index (χ1) is 9.85. The van der Waals surface area contributed by atoms with E-state index < -0.39 is 0 Å². The number of aliphatic hydroxyl groups is 1. The normalized spacial score (nSPS) is 10.9. The van der Waals surface area contributed by atoms with E-state index in [1.165, 1.54) is 5.56 Å². The van der Waals surface area contributed by atoms with Gasteiger partial charge in [0.25, 0.3) is 0 Å². The third-order valence-corrected chi connectivity index (χ3v) is 3.86. The second kappa shape index (κ2) is 8.09. The molecule has 0 amide bonds. The predicted molar refractivity (Wildman–Crippen MR) is 80.9 cm³/mol. The van der Waals surface area contributed by atoms with Crippen molar-refractivity contribution in [2.45, 2.75) is 25.2 Å². The molecular formula is C15H20N2O2S. The molecule has 0 spiro atoms. The molecule has 1 N–H and O–H groups in total. The lowest BCUT2D eigenvalue weighted by Crippen LogP contribution is -2.07. The van der Waals surface area contributed by atoms with Gasteiger partial charge in [-0.2, -0.15) is 0 Å². The topological polar surface area (TPSA) is 47.3 Å². The predicted octanol–water partition coefficient (Wildman–Crippen LogP) is 2.55. The molecule has 0 saturated heterocycles. The van der Waals surface area contributed by atoms with Crippen molar-refractivity contribution in [2.75, 3.05) is 19.0 Å². The van der Waals surface area contributed by atoms with Crippen molar-refractivity contribution >= 4 is 11.8 Å². The second-order valence-corrected chi connectivity index (χ2v) is 5.37. The van der Waals surface area contributed by atoms with Crippen molar-refractivity contribution in [3.05, 3.63) is 47.8 Å². The van der Waals surface area contributed by atoms with Crippen LogP contribution in [-0.2, 0) is 17.9 Å². The summed E-state index contributed by atoms with van der Waals surface area (Å²) in [6.07, 6.45) is 1.74. The van der Waals surface area contributed by atoms with Gasteiger partial charge in [-0.05, 0) is 12.5 Å². The van der Waals surface area contributed by atoms with Crippen LogP contribution in [0.1, 0.15) is 18.2 Å². The van der Waals surface area contributed by atoms with Crippen LogP contribution >= 0.6 is 11.8 Å². The molecule has 2 rings (SSSR count). The van der Waals surface area contributed by atoms with Gasteiger partial charge in [0.05, 0.1) is 25.1 Å². The van der Waals surface area contributed by atoms with Gasteiger partial charge in [-0.1, -0.05) is 42.1 Å². The van der Waals surface area contributed by atoms with E-state index in [2.05, 4.69) is 21.7 Å². The van der Waals surface area contributed by atoms with E-state index in [-0.39, 0.29) is 6.61 Å². The number of imidazole rings is 1. The van der Waals surface area contributed by atoms with E-state index in [0.717, 1.165) is 29.8 Å². The summed E-state index contributed by atoms with van der Waals surface area (Å²) in [5.41, 5.74) is 2.04. The van der Waals surface area contributed by atoms with Crippen molar-refractivity contribution < 1.29 is 9.84 Å². The maximum absolute atomic E-state index is 9.42. The Kier molecular flexibility index (Phi) is 6.11. The molecule has 2 aromatic rings. The molecular weight excluding hydrogens is 272 g/mol. The first-order valence-corrected chi connectivity index (χ1v) is 7.73. The molecule has 0 saturated carbocycles. The van der Waals surface area contributed by atoms with E-state index >= 15 is 0 Å². The molecule has 0 radical (unpaired) electrons. The van der Waals surface area contributed by atoms with Crippen LogP contribution in [0.15, 0.2) is 41.7 Å². The summed E-state index contributed by atoms with van der Waals surface area (Å²) < 4.78 is 7.40. The van der Waals surface area contributed by atoms with Crippen LogP contribution in [0.4, 0.5) is 0 Å². The average Bonchev–Trinajstić information content (AvgIpc) is 2.87. The minimum atomic E-state index is 0.00581. The molecule has 4 nitrogen and oxygen atoms in total. The number of aromatic nitrogens is 2. The molecule has 20 heavy (non-hydrogen) atoms. The molecule has 0 unspecified atom stereocenters. The summed E-state index contributed by atoms with van der Waals surface area (Å²) in [7, 11) is 0. The number of aliphatic hydroxyl groups excluding tert-OH is 1. The highest BCUT2D eigenvalue weighted by atomic mass is 32.2. The maximum atomic E-state index is 9.42. The molecule has 108 valence electrons. The lowest BCUT2D eigenvalue weighted by Gasteiger charge is -2.10. The summed E-state index contributed by atoms with van der Waals surface area (Å²) >= 11 is 1.66. The highest BCUT2D eigenvalue weighted by molar-refractivity contribution is 7.99. The standard InChI is InChI=1S/C15H20N2O2S/c1-2-19-8-9-20-15-16-10-14(12-18)17(15)11-13-6-4-3-5-7-13/h3-7,10,18H,2,8-9,11-12H2,1H3. The van der Waals surface area contributed by atoms with Gasteiger partial charge in [-0.25, -0.2) is 4.98 Å². The van der Waals surface area contributed by atoms with Gasteiger partial charge in [0.15, 0.2) is 5.16 Å². The maximum Gasteiger partial charge on any atom is 0.168 e. The van der Waals surface area contributed by atoms with Gasteiger partial charge in [-0.15, -0.1) is 0 Å². The fourth-order valence-electron chi connectivity index (χ4n) is 1.90. The zero-order chi connectivity index (χ0) is 14.2. The number of hydrogen-bond acceptors (Lipinski definition) is 4. The highest BCUT2D eigenvalue weighted by Gasteiger charge is 2.10. The van der Waals surface area contributed by atoms with Crippen LogP contribution in [0.5, 0.6) is 0 Å². The number of ether oxygens (including phenoxy) is 1. The van der Waals surface area contributed by atoms with Crippen molar-refractivity contribution in [1.29, 1.82) is 0 Å². The summed E-state index contributed by atoms with van der Waals surface area (Å²) in [5, 5.41) is 10.4. The molecule has 0 aliphatic rings. The Morgan fingerprint density at radius 2 is 2.10 bits per heavy atom. The SMILES string of the molecule is CCOCCSc1ncc(CO)n1Cc1ccccc1. The van der Waals surface area contributed by atoms with Crippen molar-refractivity contribution in [3.63, 3.8) is 0 Å². The van der Waals surface area contributed by atoms with E-state index in [0.29, 0.717) is 6.61 Å². The molecule has 1 heterocycles. The first-order valence-electron chi connectivity index (χ1n) is 6.75. The summed E-state index contributed by atoms with van der Waals surface area (Å²) in [6.45, 7) is 4.18. The highest BCUT2D eigenvalue weighted by Crippen LogP contribution is 2.20. The largest absolute Gasteiger partial charge is 0.390 e. The number of hydrogen-bond donors (Lipinski definition) is 1. The van der Waals surface area contributed by atoms with Crippen molar-refractivity contribution in [3.8, 4) is 0 Å². The Hall–Kier alpha value is -1.30. The fourth-order valence-corrected chi connectivity index (χ4v) is 2.75. The van der Waals surface area contributed by atoms with Crippen molar-refractivity contribution in [2.24, 2.45) is 0 Å². The lowest BCUT2D eigenvalue weighted by molar-refractivity contribution is 0.164. The van der Waals surface area contributed by atoms with E-state index in [9.17, 15) is 5.11 Å². The zero-order valence-electron chi connectivity index (χ0n) is 11.7. The van der Waals surface area contributed by atoms with Crippen LogP contribution in [-0.4, -0.2) is 33.6 Å². The number of rotatable bonds is 8. The molecule has 0 aliphatic carbocycles. The summed E-state index contributed by atoms with van der Waals surface area (Å²) in [5.74, 6) is 0.866. The van der Waals surface area contributed by atoms with E-state index in [4.69, 9.17) is 4.74 Å². The van der Waals surface area contributed by atoms with Crippen LogP contribution in [0.3, 0.4) is 0 Å². The number of benzene rings is 1. The van der Waals surface area contributed by atoms with Gasteiger partial charge < -0.3 is 14.4 Å². The number of nitrogens with zero attached hydrogens (tertiary/aromatic N) is 2. The Morgan fingerprint density at radius 1 is 1.30 bits per heavy atom. The van der Waals surface area contributed by atoms with Gasteiger partial charge in [-0.3, -0.25) is 0 Å². The fraction of sp³-hybridized carbons (Fsp3) is 0.400. The van der Waals surface area contributed by atoms with E-state index in [1.807, 2.05) is 25.1 Å². The Balaban J connectivity index is 2.07. The minimum absolute atomic E-state index is 0.00581. The van der Waals surface area contributed by atoms with Crippen LogP contribution in [0.25, 0.3) is 0 Å². The van der Waals surface area contributed by atoms with Crippen LogP contribution in [0.2, 0.25) is 0 Å². The molecule has 5 heteroatoms. The molecule has 0 fully saturated rings. The Labute approximate surface area is 123 Å². The molecule has 0 aliphatic heterocycles. The van der Waals surface area contributed by atoms with Gasteiger partial charge in [0.1, 0.15) is 0 Å². The Bertz CT molecular complexity index is 514. The third kappa shape index (κ3) is 4.10. The second-order valence-electron chi connectivity index (χ2n) is 4.31.